The molecule has 3 rings (SSSR count). The number of hydrogen-bond acceptors (Lipinski definition) is 6. The number of ether oxygens (including phenoxy) is 2. The predicted octanol–water partition coefficient (Wildman–Crippen LogP) is 3.53. The van der Waals surface area contributed by atoms with Crippen molar-refractivity contribution in [2.24, 2.45) is 0 Å². The van der Waals surface area contributed by atoms with Crippen molar-refractivity contribution in [3.05, 3.63) is 74.7 Å². The van der Waals surface area contributed by atoms with Crippen molar-refractivity contribution in [3.63, 3.8) is 0 Å². The van der Waals surface area contributed by atoms with Gasteiger partial charge < -0.3 is 9.47 Å². The average molecular weight is 396 g/mol. The Morgan fingerprint density at radius 1 is 1.29 bits per heavy atom. The standard InChI is InChI=1S/C20H14ClN3O4/c1-12-4-3-9-24-17(12)23-18(28-15-7-5-14(21)6-8-15)16(19(24)25)10-13(11-22)20(26)27-2/h3-10H,1-2H3. The zero-order chi connectivity index (χ0) is 20.3. The molecule has 0 spiro atoms. The first kappa shape index (κ1) is 19.1. The molecule has 28 heavy (non-hydrogen) atoms. The van der Waals surface area contributed by atoms with Crippen molar-refractivity contribution in [1.82, 2.24) is 9.38 Å². The maximum atomic E-state index is 13.0. The number of pyridine rings is 1. The van der Waals surface area contributed by atoms with Crippen LogP contribution in [0.2, 0.25) is 5.02 Å². The van der Waals surface area contributed by atoms with Crippen LogP contribution in [0.15, 0.2) is 53.0 Å². The van der Waals surface area contributed by atoms with Crippen LogP contribution >= 0.6 is 11.6 Å². The highest BCUT2D eigenvalue weighted by Crippen LogP contribution is 2.26. The van der Waals surface area contributed by atoms with Crippen LogP contribution in [0.5, 0.6) is 11.6 Å². The zero-order valence-electron chi connectivity index (χ0n) is 15.0. The Hall–Kier alpha value is -3.63. The van der Waals surface area contributed by atoms with E-state index in [9.17, 15) is 14.9 Å². The number of esters is 1. The van der Waals surface area contributed by atoms with Gasteiger partial charge in [-0.15, -0.1) is 0 Å². The maximum Gasteiger partial charge on any atom is 0.348 e. The minimum Gasteiger partial charge on any atom is -0.465 e. The van der Waals surface area contributed by atoms with Gasteiger partial charge in [-0.1, -0.05) is 17.7 Å². The summed E-state index contributed by atoms with van der Waals surface area (Å²) < 4.78 is 11.7. The summed E-state index contributed by atoms with van der Waals surface area (Å²) in [5.41, 5.74) is 0.249. The monoisotopic (exact) mass is 395 g/mol. The number of nitriles is 1. The lowest BCUT2D eigenvalue weighted by Crippen LogP contribution is -2.20. The minimum atomic E-state index is -0.867. The Kier molecular flexibility index (Phi) is 5.43. The third-order valence-electron chi connectivity index (χ3n) is 3.89. The molecule has 0 aliphatic carbocycles. The van der Waals surface area contributed by atoms with Gasteiger partial charge in [-0.2, -0.15) is 10.2 Å². The molecule has 0 aliphatic rings. The topological polar surface area (TPSA) is 93.7 Å². The fourth-order valence-corrected chi connectivity index (χ4v) is 2.62. The molecule has 7 nitrogen and oxygen atoms in total. The first-order chi connectivity index (χ1) is 13.4. The molecule has 0 bridgehead atoms. The van der Waals surface area contributed by atoms with Crippen LogP contribution in [0.3, 0.4) is 0 Å². The van der Waals surface area contributed by atoms with Crippen molar-refractivity contribution in [3.8, 4) is 17.7 Å². The van der Waals surface area contributed by atoms with Gasteiger partial charge in [0, 0.05) is 11.2 Å². The molecule has 1 aromatic carbocycles. The van der Waals surface area contributed by atoms with Crippen LogP contribution in [0, 0.1) is 18.3 Å². The first-order valence-electron chi connectivity index (χ1n) is 8.10. The number of fused-ring (bicyclic) bond motifs is 1. The molecule has 0 saturated carbocycles. The van der Waals surface area contributed by atoms with Crippen molar-refractivity contribution < 1.29 is 14.3 Å². The number of benzene rings is 1. The number of hydrogen-bond donors (Lipinski definition) is 0. The van der Waals surface area contributed by atoms with Gasteiger partial charge in [0.15, 0.2) is 0 Å². The second kappa shape index (κ2) is 7.94. The molecule has 0 saturated heterocycles. The summed E-state index contributed by atoms with van der Waals surface area (Å²) in [4.78, 5) is 29.2. The van der Waals surface area contributed by atoms with E-state index in [2.05, 4.69) is 9.72 Å². The van der Waals surface area contributed by atoms with Crippen molar-refractivity contribution in [2.75, 3.05) is 7.11 Å². The van der Waals surface area contributed by atoms with E-state index in [1.807, 2.05) is 0 Å². The molecule has 2 aromatic heterocycles. The minimum absolute atomic E-state index is 0.0433. The molecule has 0 unspecified atom stereocenters. The van der Waals surface area contributed by atoms with Gasteiger partial charge in [0.25, 0.3) is 5.56 Å². The Morgan fingerprint density at radius 2 is 2.00 bits per heavy atom. The van der Waals surface area contributed by atoms with Crippen molar-refractivity contribution in [2.45, 2.75) is 6.92 Å². The second-order valence-corrected chi connectivity index (χ2v) is 6.17. The van der Waals surface area contributed by atoms with Gasteiger partial charge in [-0.05, 0) is 48.9 Å². The Labute approximate surface area is 165 Å². The van der Waals surface area contributed by atoms with E-state index in [-0.39, 0.29) is 17.0 Å². The average Bonchev–Trinajstić information content (AvgIpc) is 2.70. The molecule has 0 aliphatic heterocycles. The lowest BCUT2D eigenvalue weighted by atomic mass is 10.2. The fourth-order valence-electron chi connectivity index (χ4n) is 2.50. The molecule has 140 valence electrons. The zero-order valence-corrected chi connectivity index (χ0v) is 15.7. The van der Waals surface area contributed by atoms with E-state index >= 15 is 0 Å². The Balaban J connectivity index is 2.27. The van der Waals surface area contributed by atoms with E-state index in [0.29, 0.717) is 16.4 Å². The number of carbonyl (C=O) groups excluding carboxylic acids is 1. The first-order valence-corrected chi connectivity index (χ1v) is 8.48. The second-order valence-electron chi connectivity index (χ2n) is 5.74. The van der Waals surface area contributed by atoms with Crippen LogP contribution < -0.4 is 10.3 Å². The SMILES string of the molecule is COC(=O)C(C#N)=Cc1c(Oc2ccc(Cl)cc2)nc2c(C)cccn2c1=O. The van der Waals surface area contributed by atoms with Gasteiger partial charge in [0.2, 0.25) is 5.88 Å². The number of aryl methyl sites for hydroxylation is 1. The maximum absolute atomic E-state index is 13.0. The highest BCUT2D eigenvalue weighted by molar-refractivity contribution is 6.30. The summed E-state index contributed by atoms with van der Waals surface area (Å²) in [6.07, 6.45) is 2.66. The van der Waals surface area contributed by atoms with Crippen molar-refractivity contribution >= 4 is 29.3 Å². The fraction of sp³-hybridized carbons (Fsp3) is 0.100. The molecular weight excluding hydrogens is 382 g/mol. The molecule has 3 aromatic rings. The van der Waals surface area contributed by atoms with E-state index in [1.54, 1.807) is 55.6 Å². The van der Waals surface area contributed by atoms with Crippen LogP contribution in [-0.4, -0.2) is 22.5 Å². The van der Waals surface area contributed by atoms with Gasteiger partial charge in [-0.3, -0.25) is 9.20 Å². The number of rotatable bonds is 4. The normalized spacial score (nSPS) is 11.1. The van der Waals surface area contributed by atoms with Crippen LogP contribution in [0.4, 0.5) is 0 Å². The summed E-state index contributed by atoms with van der Waals surface area (Å²) in [6.45, 7) is 1.80. The van der Waals surface area contributed by atoms with E-state index < -0.39 is 11.5 Å². The summed E-state index contributed by atoms with van der Waals surface area (Å²) in [6, 6.07) is 11.7. The molecule has 0 radical (unpaired) electrons. The lowest BCUT2D eigenvalue weighted by molar-refractivity contribution is -0.135. The number of aromatic nitrogens is 2. The molecular formula is C20H14ClN3O4. The number of carbonyl (C=O) groups is 1. The summed E-state index contributed by atoms with van der Waals surface area (Å²) in [7, 11) is 1.15. The number of nitrogens with zero attached hydrogens (tertiary/aromatic N) is 3. The van der Waals surface area contributed by atoms with Crippen molar-refractivity contribution in [1.29, 1.82) is 5.26 Å². The molecule has 0 N–H and O–H groups in total. The highest BCUT2D eigenvalue weighted by atomic mass is 35.5. The Bertz CT molecular complexity index is 1190. The Morgan fingerprint density at radius 3 is 2.64 bits per heavy atom. The number of methoxy groups -OCH3 is 1. The predicted molar refractivity (Wildman–Crippen MR) is 103 cm³/mol. The highest BCUT2D eigenvalue weighted by Gasteiger charge is 2.18. The van der Waals surface area contributed by atoms with Gasteiger partial charge in [-0.25, -0.2) is 4.79 Å². The van der Waals surface area contributed by atoms with Gasteiger partial charge in [0.05, 0.1) is 7.11 Å². The van der Waals surface area contributed by atoms with Crippen LogP contribution in [-0.2, 0) is 9.53 Å². The quantitative estimate of drug-likeness (QED) is 0.381. The van der Waals surface area contributed by atoms with E-state index in [0.717, 1.165) is 18.7 Å². The summed E-state index contributed by atoms with van der Waals surface area (Å²) in [5.74, 6) is -0.521. The third-order valence-corrected chi connectivity index (χ3v) is 4.14. The summed E-state index contributed by atoms with van der Waals surface area (Å²) >= 11 is 5.89. The number of halogens is 1. The molecule has 0 atom stereocenters. The third kappa shape index (κ3) is 3.72. The van der Waals surface area contributed by atoms with E-state index in [1.165, 1.54) is 4.40 Å². The summed E-state index contributed by atoms with van der Waals surface area (Å²) in [5, 5.41) is 9.77. The molecule has 8 heteroatoms. The smallest absolute Gasteiger partial charge is 0.348 e. The molecule has 0 fully saturated rings. The van der Waals surface area contributed by atoms with Crippen LogP contribution in [0.1, 0.15) is 11.1 Å². The van der Waals surface area contributed by atoms with Gasteiger partial charge >= 0.3 is 5.97 Å². The molecule has 2 heterocycles. The van der Waals surface area contributed by atoms with E-state index in [4.69, 9.17) is 16.3 Å². The van der Waals surface area contributed by atoms with Gasteiger partial charge in [0.1, 0.15) is 28.6 Å². The lowest BCUT2D eigenvalue weighted by Gasteiger charge is -2.11. The largest absolute Gasteiger partial charge is 0.465 e. The van der Waals surface area contributed by atoms with Crippen LogP contribution in [0.25, 0.3) is 11.7 Å². The molecule has 0 amide bonds.